The highest BCUT2D eigenvalue weighted by atomic mass is 15.3. The average Bonchev–Trinajstić information content (AvgIpc) is 3.12. The molecule has 0 aliphatic heterocycles. The van der Waals surface area contributed by atoms with Crippen LogP contribution in [-0.2, 0) is 6.54 Å². The van der Waals surface area contributed by atoms with Crippen LogP contribution in [0.4, 0.5) is 5.82 Å². The van der Waals surface area contributed by atoms with Gasteiger partial charge in [0.1, 0.15) is 0 Å². The fourth-order valence-corrected chi connectivity index (χ4v) is 1.92. The monoisotopic (exact) mass is 220 g/mol. The first-order valence-corrected chi connectivity index (χ1v) is 5.92. The van der Waals surface area contributed by atoms with Crippen LogP contribution in [-0.4, -0.2) is 30.3 Å². The molecule has 1 aromatic heterocycles. The maximum atomic E-state index is 4.26. The van der Waals surface area contributed by atoms with Crippen molar-refractivity contribution in [2.75, 3.05) is 19.0 Å². The van der Waals surface area contributed by atoms with Crippen LogP contribution in [0.5, 0.6) is 0 Å². The molecule has 0 spiro atoms. The predicted molar refractivity (Wildman–Crippen MR) is 65.4 cm³/mol. The molecule has 0 amide bonds. The largest absolute Gasteiger partial charge is 0.355 e. The molecule has 1 saturated carbocycles. The Morgan fingerprint density at radius 3 is 2.69 bits per heavy atom. The van der Waals surface area contributed by atoms with E-state index in [4.69, 9.17) is 0 Å². The van der Waals surface area contributed by atoms with Gasteiger partial charge in [0.05, 0.1) is 5.69 Å². The van der Waals surface area contributed by atoms with Crippen LogP contribution in [0.1, 0.15) is 25.5 Å². The van der Waals surface area contributed by atoms with Crippen molar-refractivity contribution >= 4 is 5.82 Å². The van der Waals surface area contributed by atoms with Crippen molar-refractivity contribution in [3.05, 3.63) is 17.8 Å². The van der Waals surface area contributed by atoms with Crippen LogP contribution in [0.15, 0.2) is 12.1 Å². The zero-order valence-electron chi connectivity index (χ0n) is 10.3. The normalized spacial score (nSPS) is 17.2. The number of hydrogen-bond acceptors (Lipinski definition) is 4. The average molecular weight is 220 g/mol. The zero-order chi connectivity index (χ0) is 11.5. The molecule has 1 aliphatic rings. The predicted octanol–water partition coefficient (Wildman–Crippen LogP) is 1.43. The molecule has 4 nitrogen and oxygen atoms in total. The smallest absolute Gasteiger partial charge is 0.151 e. The molecule has 2 rings (SSSR count). The third-order valence-electron chi connectivity index (χ3n) is 3.34. The van der Waals surface area contributed by atoms with E-state index in [1.807, 2.05) is 13.1 Å². The molecule has 1 aliphatic carbocycles. The second-order valence-corrected chi connectivity index (χ2v) is 4.60. The van der Waals surface area contributed by atoms with Crippen molar-refractivity contribution in [3.8, 4) is 0 Å². The van der Waals surface area contributed by atoms with Gasteiger partial charge in [-0.15, -0.1) is 5.10 Å². The van der Waals surface area contributed by atoms with E-state index in [0.29, 0.717) is 6.04 Å². The Balaban J connectivity index is 2.02. The van der Waals surface area contributed by atoms with E-state index in [1.54, 1.807) is 0 Å². The SMILES string of the molecule is CNCc1ccc(N(C)C(C)C2CC2)nn1. The van der Waals surface area contributed by atoms with Crippen molar-refractivity contribution in [2.45, 2.75) is 32.4 Å². The topological polar surface area (TPSA) is 41.0 Å². The maximum Gasteiger partial charge on any atom is 0.151 e. The number of hydrogen-bond donors (Lipinski definition) is 1. The van der Waals surface area contributed by atoms with Gasteiger partial charge in [-0.05, 0) is 44.9 Å². The van der Waals surface area contributed by atoms with Gasteiger partial charge in [-0.2, -0.15) is 5.10 Å². The molecule has 0 radical (unpaired) electrons. The fourth-order valence-electron chi connectivity index (χ4n) is 1.92. The van der Waals surface area contributed by atoms with Gasteiger partial charge in [-0.1, -0.05) is 0 Å². The first-order valence-electron chi connectivity index (χ1n) is 5.92. The highest BCUT2D eigenvalue weighted by molar-refractivity contribution is 5.38. The Labute approximate surface area is 97.1 Å². The van der Waals surface area contributed by atoms with Gasteiger partial charge in [0, 0.05) is 19.6 Å². The van der Waals surface area contributed by atoms with Gasteiger partial charge < -0.3 is 10.2 Å². The third-order valence-corrected chi connectivity index (χ3v) is 3.34. The lowest BCUT2D eigenvalue weighted by molar-refractivity contribution is 0.599. The standard InChI is InChI=1S/C12H20N4/c1-9(10-4-5-10)16(3)12-7-6-11(8-13-2)14-15-12/h6-7,9-10,13H,4-5,8H2,1-3H3. The van der Waals surface area contributed by atoms with E-state index in [9.17, 15) is 0 Å². The lowest BCUT2D eigenvalue weighted by atomic mass is 10.2. The van der Waals surface area contributed by atoms with Crippen molar-refractivity contribution in [2.24, 2.45) is 5.92 Å². The Kier molecular flexibility index (Phi) is 3.39. The number of anilines is 1. The number of rotatable bonds is 5. The summed E-state index contributed by atoms with van der Waals surface area (Å²) >= 11 is 0. The highest BCUT2D eigenvalue weighted by Crippen LogP contribution is 2.35. The summed E-state index contributed by atoms with van der Waals surface area (Å²) in [7, 11) is 4.02. The van der Waals surface area contributed by atoms with Gasteiger partial charge in [0.2, 0.25) is 0 Å². The minimum absolute atomic E-state index is 0.574. The van der Waals surface area contributed by atoms with E-state index in [-0.39, 0.29) is 0 Å². The quantitative estimate of drug-likeness (QED) is 0.815. The number of nitrogens with one attached hydrogen (secondary N) is 1. The second-order valence-electron chi connectivity index (χ2n) is 4.60. The van der Waals surface area contributed by atoms with Crippen LogP contribution < -0.4 is 10.2 Å². The van der Waals surface area contributed by atoms with E-state index in [2.05, 4.69) is 40.5 Å². The minimum Gasteiger partial charge on any atom is -0.355 e. The Morgan fingerprint density at radius 1 is 1.44 bits per heavy atom. The summed E-state index contributed by atoms with van der Waals surface area (Å²) in [6, 6.07) is 4.66. The number of aromatic nitrogens is 2. The Bertz CT molecular complexity index is 331. The van der Waals surface area contributed by atoms with Gasteiger partial charge in [0.25, 0.3) is 0 Å². The zero-order valence-corrected chi connectivity index (χ0v) is 10.3. The molecule has 1 aromatic rings. The van der Waals surface area contributed by atoms with E-state index < -0.39 is 0 Å². The first-order chi connectivity index (χ1) is 7.72. The van der Waals surface area contributed by atoms with Gasteiger partial charge in [0.15, 0.2) is 5.82 Å². The summed E-state index contributed by atoms with van der Waals surface area (Å²) in [5.74, 6) is 1.82. The molecular weight excluding hydrogens is 200 g/mol. The van der Waals surface area contributed by atoms with Crippen LogP contribution in [0, 0.1) is 5.92 Å². The van der Waals surface area contributed by atoms with Crippen molar-refractivity contribution < 1.29 is 0 Å². The number of nitrogens with zero attached hydrogens (tertiary/aromatic N) is 3. The van der Waals surface area contributed by atoms with Crippen molar-refractivity contribution in [1.82, 2.24) is 15.5 Å². The summed E-state index contributed by atoms with van der Waals surface area (Å²) in [6.07, 6.45) is 2.72. The maximum absolute atomic E-state index is 4.26. The molecule has 16 heavy (non-hydrogen) atoms. The lowest BCUT2D eigenvalue weighted by Gasteiger charge is -2.25. The molecular formula is C12H20N4. The molecule has 1 heterocycles. The molecule has 4 heteroatoms. The van der Waals surface area contributed by atoms with Crippen LogP contribution in [0.3, 0.4) is 0 Å². The Hall–Kier alpha value is -1.16. The second kappa shape index (κ2) is 4.78. The third kappa shape index (κ3) is 2.50. The van der Waals surface area contributed by atoms with Crippen LogP contribution in [0.25, 0.3) is 0 Å². The molecule has 1 N–H and O–H groups in total. The summed E-state index contributed by atoms with van der Waals surface area (Å²) in [5, 5.41) is 11.5. The van der Waals surface area contributed by atoms with Gasteiger partial charge >= 0.3 is 0 Å². The first kappa shape index (κ1) is 11.3. The summed E-state index contributed by atoms with van der Waals surface area (Å²) in [6.45, 7) is 3.04. The van der Waals surface area contributed by atoms with Crippen LogP contribution >= 0.6 is 0 Å². The van der Waals surface area contributed by atoms with Gasteiger partial charge in [-0.25, -0.2) is 0 Å². The molecule has 88 valence electrons. The molecule has 0 aromatic carbocycles. The fraction of sp³-hybridized carbons (Fsp3) is 0.667. The lowest BCUT2D eigenvalue weighted by Crippen LogP contribution is -2.31. The molecule has 0 bridgehead atoms. The molecule has 1 unspecified atom stereocenters. The van der Waals surface area contributed by atoms with Crippen molar-refractivity contribution in [1.29, 1.82) is 0 Å². The molecule has 0 saturated heterocycles. The summed E-state index contributed by atoms with van der Waals surface area (Å²) in [5.41, 5.74) is 0.985. The van der Waals surface area contributed by atoms with Crippen molar-refractivity contribution in [3.63, 3.8) is 0 Å². The van der Waals surface area contributed by atoms with Gasteiger partial charge in [-0.3, -0.25) is 0 Å². The summed E-state index contributed by atoms with van der Waals surface area (Å²) < 4.78 is 0. The van der Waals surface area contributed by atoms with Crippen LogP contribution in [0.2, 0.25) is 0 Å². The minimum atomic E-state index is 0.574. The molecule has 1 fully saturated rings. The van der Waals surface area contributed by atoms with E-state index in [0.717, 1.165) is 24.0 Å². The summed E-state index contributed by atoms with van der Waals surface area (Å²) in [4.78, 5) is 2.23. The van der Waals surface area contributed by atoms with E-state index >= 15 is 0 Å². The Morgan fingerprint density at radius 2 is 2.19 bits per heavy atom. The van der Waals surface area contributed by atoms with E-state index in [1.165, 1.54) is 12.8 Å². The highest BCUT2D eigenvalue weighted by Gasteiger charge is 2.31. The molecule has 1 atom stereocenters.